The number of halogens is 2. The third kappa shape index (κ3) is 2.43. The Morgan fingerprint density at radius 3 is 3.05 bits per heavy atom. The number of anilines is 1. The zero-order valence-electron chi connectivity index (χ0n) is 9.87. The number of thiazole rings is 1. The molecule has 7 heteroatoms. The molecule has 1 aromatic heterocycles. The first-order chi connectivity index (χ1) is 9.13. The number of benzene rings is 1. The average molecular weight is 283 g/mol. The summed E-state index contributed by atoms with van der Waals surface area (Å²) in [6, 6.07) is 2.00. The Morgan fingerprint density at radius 1 is 1.47 bits per heavy atom. The van der Waals surface area contributed by atoms with Crippen LogP contribution in [-0.4, -0.2) is 24.0 Å². The number of carbonyl (C=O) groups excluding carboxylic acids is 1. The van der Waals surface area contributed by atoms with Crippen LogP contribution in [-0.2, 0) is 4.79 Å². The van der Waals surface area contributed by atoms with Gasteiger partial charge in [-0.3, -0.25) is 4.79 Å². The van der Waals surface area contributed by atoms with Crippen LogP contribution in [0.2, 0.25) is 0 Å². The van der Waals surface area contributed by atoms with E-state index in [9.17, 15) is 13.6 Å². The summed E-state index contributed by atoms with van der Waals surface area (Å²) in [5.41, 5.74) is 0.0891. The molecule has 1 fully saturated rings. The van der Waals surface area contributed by atoms with Crippen LogP contribution in [0, 0.1) is 17.6 Å². The molecule has 1 aliphatic rings. The van der Waals surface area contributed by atoms with E-state index in [2.05, 4.69) is 15.6 Å². The fourth-order valence-electron chi connectivity index (χ4n) is 2.10. The fraction of sp³-hybridized carbons (Fsp3) is 0.333. The van der Waals surface area contributed by atoms with Crippen LogP contribution >= 0.6 is 11.3 Å². The molecule has 1 aliphatic heterocycles. The van der Waals surface area contributed by atoms with Crippen molar-refractivity contribution in [1.82, 2.24) is 10.3 Å². The van der Waals surface area contributed by atoms with Crippen LogP contribution < -0.4 is 10.6 Å². The molecule has 100 valence electrons. The predicted molar refractivity (Wildman–Crippen MR) is 69.1 cm³/mol. The average Bonchev–Trinajstić information content (AvgIpc) is 2.96. The standard InChI is InChI=1S/C12H11F2N3OS/c13-7-3-8(14)10-9(4-7)19-12(16-10)17-11(18)6-1-2-15-5-6/h3-4,6,15H,1-2,5H2,(H,16,17,18). The highest BCUT2D eigenvalue weighted by molar-refractivity contribution is 7.22. The second-order valence-electron chi connectivity index (χ2n) is 4.43. The number of hydrogen-bond donors (Lipinski definition) is 2. The minimum absolute atomic E-state index is 0.0891. The molecule has 3 rings (SSSR count). The van der Waals surface area contributed by atoms with E-state index in [0.717, 1.165) is 30.4 Å². The monoisotopic (exact) mass is 283 g/mol. The molecule has 1 atom stereocenters. The first-order valence-corrected chi connectivity index (χ1v) is 6.72. The molecule has 0 spiro atoms. The van der Waals surface area contributed by atoms with Gasteiger partial charge in [-0.1, -0.05) is 11.3 Å². The van der Waals surface area contributed by atoms with Crippen LogP contribution in [0.1, 0.15) is 6.42 Å². The maximum atomic E-state index is 13.5. The van der Waals surface area contributed by atoms with Gasteiger partial charge < -0.3 is 10.6 Å². The summed E-state index contributed by atoms with van der Waals surface area (Å²) in [5.74, 6) is -1.58. The van der Waals surface area contributed by atoms with Gasteiger partial charge in [0.15, 0.2) is 10.9 Å². The number of fused-ring (bicyclic) bond motifs is 1. The molecule has 1 amide bonds. The van der Waals surface area contributed by atoms with Gasteiger partial charge in [-0.2, -0.15) is 0 Å². The topological polar surface area (TPSA) is 54.0 Å². The molecule has 0 radical (unpaired) electrons. The van der Waals surface area contributed by atoms with E-state index in [1.807, 2.05) is 0 Å². The normalized spacial score (nSPS) is 18.9. The molecule has 1 unspecified atom stereocenters. The summed E-state index contributed by atoms with van der Waals surface area (Å²) in [4.78, 5) is 15.9. The molecular weight excluding hydrogens is 272 g/mol. The lowest BCUT2D eigenvalue weighted by atomic mass is 10.1. The number of carbonyl (C=O) groups is 1. The van der Waals surface area contributed by atoms with Gasteiger partial charge in [0.25, 0.3) is 0 Å². The van der Waals surface area contributed by atoms with E-state index < -0.39 is 11.6 Å². The van der Waals surface area contributed by atoms with Gasteiger partial charge in [-0.25, -0.2) is 13.8 Å². The van der Waals surface area contributed by atoms with Crippen molar-refractivity contribution < 1.29 is 13.6 Å². The van der Waals surface area contributed by atoms with E-state index in [1.54, 1.807) is 0 Å². The van der Waals surface area contributed by atoms with Crippen LogP contribution in [0.5, 0.6) is 0 Å². The number of nitrogens with zero attached hydrogens (tertiary/aromatic N) is 1. The fourth-order valence-corrected chi connectivity index (χ4v) is 3.00. The molecular formula is C12H11F2N3OS. The minimum atomic E-state index is -0.714. The molecule has 0 saturated carbocycles. The van der Waals surface area contributed by atoms with E-state index in [-0.39, 0.29) is 17.3 Å². The molecule has 4 nitrogen and oxygen atoms in total. The highest BCUT2D eigenvalue weighted by atomic mass is 32.1. The largest absolute Gasteiger partial charge is 0.316 e. The van der Waals surface area contributed by atoms with Crippen molar-refractivity contribution in [3.05, 3.63) is 23.8 Å². The van der Waals surface area contributed by atoms with Gasteiger partial charge in [0.1, 0.15) is 11.3 Å². The number of amides is 1. The summed E-state index contributed by atoms with van der Waals surface area (Å²) < 4.78 is 26.9. The third-order valence-electron chi connectivity index (χ3n) is 3.07. The van der Waals surface area contributed by atoms with Gasteiger partial charge in [0.2, 0.25) is 5.91 Å². The quantitative estimate of drug-likeness (QED) is 0.887. The van der Waals surface area contributed by atoms with E-state index >= 15 is 0 Å². The highest BCUT2D eigenvalue weighted by Gasteiger charge is 2.23. The zero-order valence-corrected chi connectivity index (χ0v) is 10.7. The third-order valence-corrected chi connectivity index (χ3v) is 3.99. The lowest BCUT2D eigenvalue weighted by Crippen LogP contribution is -2.24. The minimum Gasteiger partial charge on any atom is -0.316 e. The Labute approximate surface area is 111 Å². The Hall–Kier alpha value is -1.60. The number of rotatable bonds is 2. The van der Waals surface area contributed by atoms with Gasteiger partial charge >= 0.3 is 0 Å². The van der Waals surface area contributed by atoms with Crippen molar-refractivity contribution in [2.45, 2.75) is 6.42 Å². The lowest BCUT2D eigenvalue weighted by molar-refractivity contribution is -0.119. The number of aromatic nitrogens is 1. The second-order valence-corrected chi connectivity index (χ2v) is 5.46. The smallest absolute Gasteiger partial charge is 0.230 e. The van der Waals surface area contributed by atoms with Crippen LogP contribution in [0.4, 0.5) is 13.9 Å². The predicted octanol–water partition coefficient (Wildman–Crippen LogP) is 2.12. The second kappa shape index (κ2) is 4.82. The molecule has 0 aliphatic carbocycles. The molecule has 2 heterocycles. The van der Waals surface area contributed by atoms with E-state index in [0.29, 0.717) is 16.4 Å². The van der Waals surface area contributed by atoms with Crippen molar-refractivity contribution in [2.75, 3.05) is 18.4 Å². The Kier molecular flexibility index (Phi) is 3.16. The van der Waals surface area contributed by atoms with Crippen molar-refractivity contribution in [1.29, 1.82) is 0 Å². The maximum Gasteiger partial charge on any atom is 0.230 e. The van der Waals surface area contributed by atoms with Gasteiger partial charge in [-0.15, -0.1) is 0 Å². The first kappa shape index (κ1) is 12.4. The molecule has 1 saturated heterocycles. The molecule has 2 aromatic rings. The summed E-state index contributed by atoms with van der Waals surface area (Å²) >= 11 is 1.07. The lowest BCUT2D eigenvalue weighted by Gasteiger charge is -2.06. The van der Waals surface area contributed by atoms with Gasteiger partial charge in [0, 0.05) is 12.6 Å². The van der Waals surface area contributed by atoms with Gasteiger partial charge in [-0.05, 0) is 19.0 Å². The zero-order chi connectivity index (χ0) is 13.4. The summed E-state index contributed by atoms with van der Waals surface area (Å²) in [7, 11) is 0. The molecule has 0 bridgehead atoms. The van der Waals surface area contributed by atoms with Crippen LogP contribution in [0.3, 0.4) is 0 Å². The van der Waals surface area contributed by atoms with Gasteiger partial charge in [0.05, 0.1) is 10.6 Å². The van der Waals surface area contributed by atoms with Crippen molar-refractivity contribution in [3.63, 3.8) is 0 Å². The molecule has 2 N–H and O–H groups in total. The van der Waals surface area contributed by atoms with Crippen molar-refractivity contribution >= 4 is 32.6 Å². The highest BCUT2D eigenvalue weighted by Crippen LogP contribution is 2.29. The van der Waals surface area contributed by atoms with Crippen molar-refractivity contribution in [3.8, 4) is 0 Å². The number of hydrogen-bond acceptors (Lipinski definition) is 4. The Bertz CT molecular complexity index is 637. The van der Waals surface area contributed by atoms with Crippen molar-refractivity contribution in [2.24, 2.45) is 5.92 Å². The van der Waals surface area contributed by atoms with E-state index in [1.165, 1.54) is 6.07 Å². The maximum absolute atomic E-state index is 13.5. The van der Waals surface area contributed by atoms with Crippen LogP contribution in [0.15, 0.2) is 12.1 Å². The summed E-state index contributed by atoms with van der Waals surface area (Å²) in [6.45, 7) is 1.46. The molecule has 19 heavy (non-hydrogen) atoms. The molecule has 1 aromatic carbocycles. The summed E-state index contributed by atoms with van der Waals surface area (Å²) in [5, 5.41) is 6.06. The number of nitrogens with one attached hydrogen (secondary N) is 2. The Morgan fingerprint density at radius 2 is 2.32 bits per heavy atom. The van der Waals surface area contributed by atoms with Crippen LogP contribution in [0.25, 0.3) is 10.2 Å². The van der Waals surface area contributed by atoms with E-state index in [4.69, 9.17) is 0 Å². The SMILES string of the molecule is O=C(Nc1nc2c(F)cc(F)cc2s1)C1CCNC1. The summed E-state index contributed by atoms with van der Waals surface area (Å²) in [6.07, 6.45) is 0.777. The Balaban J connectivity index is 1.85. The first-order valence-electron chi connectivity index (χ1n) is 5.90.